The minimum absolute atomic E-state index is 0.218. The van der Waals surface area contributed by atoms with Crippen LogP contribution in [0.2, 0.25) is 5.02 Å². The molecule has 0 saturated heterocycles. The van der Waals surface area contributed by atoms with E-state index in [1.54, 1.807) is 23.0 Å². The fraction of sp³-hybridized carbons (Fsp3) is 0.158. The van der Waals surface area contributed by atoms with Crippen LogP contribution in [-0.4, -0.2) is 14.9 Å². The van der Waals surface area contributed by atoms with Gasteiger partial charge in [-0.2, -0.15) is 5.10 Å². The highest BCUT2D eigenvalue weighted by Crippen LogP contribution is 2.24. The molecule has 0 amide bonds. The van der Waals surface area contributed by atoms with E-state index < -0.39 is 0 Å². The van der Waals surface area contributed by atoms with Crippen LogP contribution in [0.15, 0.2) is 53.1 Å². The number of aryl methyl sites for hydroxylation is 1. The summed E-state index contributed by atoms with van der Waals surface area (Å²) in [5.41, 5.74) is 2.73. The summed E-state index contributed by atoms with van der Waals surface area (Å²) in [7, 11) is 0. The van der Waals surface area contributed by atoms with Crippen molar-refractivity contribution in [1.82, 2.24) is 15.1 Å². The van der Waals surface area contributed by atoms with E-state index in [0.29, 0.717) is 28.1 Å². The molecule has 0 fully saturated rings. The molecule has 1 aromatic heterocycles. The SMILES string of the molecule is Cc1ccc(CNC(=S)Nc2nn(Cc3c(F)cccc3Cl)cc2Br)cc1. The maximum Gasteiger partial charge on any atom is 0.172 e. The predicted molar refractivity (Wildman–Crippen MR) is 115 cm³/mol. The van der Waals surface area contributed by atoms with E-state index >= 15 is 0 Å². The van der Waals surface area contributed by atoms with Gasteiger partial charge < -0.3 is 10.6 Å². The zero-order valence-corrected chi connectivity index (χ0v) is 17.6. The van der Waals surface area contributed by atoms with Gasteiger partial charge in [-0.25, -0.2) is 4.39 Å². The van der Waals surface area contributed by atoms with Crippen molar-refractivity contribution < 1.29 is 4.39 Å². The Kier molecular flexibility index (Phi) is 6.46. The van der Waals surface area contributed by atoms with Crippen molar-refractivity contribution in [1.29, 1.82) is 0 Å². The molecule has 1 heterocycles. The number of nitrogens with one attached hydrogen (secondary N) is 2. The Morgan fingerprint density at radius 3 is 2.70 bits per heavy atom. The lowest BCUT2D eigenvalue weighted by atomic mass is 10.1. The zero-order chi connectivity index (χ0) is 19.4. The normalized spacial score (nSPS) is 10.7. The molecule has 0 aliphatic heterocycles. The van der Waals surface area contributed by atoms with Crippen LogP contribution in [-0.2, 0) is 13.1 Å². The Morgan fingerprint density at radius 2 is 2.00 bits per heavy atom. The Hall–Kier alpha value is -1.96. The number of rotatable bonds is 5. The molecule has 4 nitrogen and oxygen atoms in total. The second-order valence-corrected chi connectivity index (χ2v) is 7.69. The number of aromatic nitrogens is 2. The Bertz CT molecular complexity index is 939. The number of hydrogen-bond donors (Lipinski definition) is 2. The number of halogens is 3. The smallest absolute Gasteiger partial charge is 0.172 e. The second kappa shape index (κ2) is 8.82. The van der Waals surface area contributed by atoms with Gasteiger partial charge in [0.25, 0.3) is 0 Å². The summed E-state index contributed by atoms with van der Waals surface area (Å²) in [6.07, 6.45) is 1.74. The second-order valence-electron chi connectivity index (χ2n) is 6.02. The number of hydrogen-bond acceptors (Lipinski definition) is 2. The van der Waals surface area contributed by atoms with Gasteiger partial charge in [0.1, 0.15) is 5.82 Å². The van der Waals surface area contributed by atoms with Crippen molar-refractivity contribution in [2.75, 3.05) is 5.32 Å². The van der Waals surface area contributed by atoms with E-state index in [-0.39, 0.29) is 12.4 Å². The van der Waals surface area contributed by atoms with Gasteiger partial charge in [-0.3, -0.25) is 4.68 Å². The fourth-order valence-corrected chi connectivity index (χ4v) is 3.25. The van der Waals surface area contributed by atoms with Crippen molar-refractivity contribution in [2.45, 2.75) is 20.0 Å². The van der Waals surface area contributed by atoms with Crippen LogP contribution < -0.4 is 10.6 Å². The first kappa shape index (κ1) is 19.8. The van der Waals surface area contributed by atoms with Gasteiger partial charge in [0.15, 0.2) is 10.9 Å². The Labute approximate surface area is 175 Å². The lowest BCUT2D eigenvalue weighted by Crippen LogP contribution is -2.28. The molecule has 3 rings (SSSR count). The monoisotopic (exact) mass is 466 g/mol. The average molecular weight is 468 g/mol. The van der Waals surface area contributed by atoms with Crippen LogP contribution in [0.5, 0.6) is 0 Å². The number of nitrogens with zero attached hydrogens (tertiary/aromatic N) is 2. The summed E-state index contributed by atoms with van der Waals surface area (Å²) in [4.78, 5) is 0. The van der Waals surface area contributed by atoms with Crippen molar-refractivity contribution in [3.63, 3.8) is 0 Å². The first-order chi connectivity index (χ1) is 12.9. The lowest BCUT2D eigenvalue weighted by Gasteiger charge is -2.09. The molecular formula is C19H17BrClFN4S. The van der Waals surface area contributed by atoms with E-state index in [1.807, 2.05) is 19.1 Å². The lowest BCUT2D eigenvalue weighted by molar-refractivity contribution is 0.586. The molecule has 0 saturated carbocycles. The maximum absolute atomic E-state index is 14.0. The number of benzene rings is 2. The Morgan fingerprint density at radius 1 is 1.26 bits per heavy atom. The minimum atomic E-state index is -0.362. The first-order valence-corrected chi connectivity index (χ1v) is 9.76. The molecule has 0 atom stereocenters. The van der Waals surface area contributed by atoms with Crippen LogP contribution >= 0.6 is 39.7 Å². The van der Waals surface area contributed by atoms with Gasteiger partial charge in [-0.1, -0.05) is 47.5 Å². The fourth-order valence-electron chi connectivity index (χ4n) is 2.45. The average Bonchev–Trinajstić information content (AvgIpc) is 2.97. The minimum Gasteiger partial charge on any atom is -0.358 e. The highest BCUT2D eigenvalue weighted by molar-refractivity contribution is 9.10. The predicted octanol–water partition coefficient (Wildman–Crippen LogP) is 5.28. The van der Waals surface area contributed by atoms with Crippen LogP contribution in [0, 0.1) is 12.7 Å². The summed E-state index contributed by atoms with van der Waals surface area (Å²) < 4.78 is 16.3. The molecule has 0 bridgehead atoms. The largest absolute Gasteiger partial charge is 0.358 e. The molecule has 2 N–H and O–H groups in total. The van der Waals surface area contributed by atoms with E-state index in [9.17, 15) is 4.39 Å². The van der Waals surface area contributed by atoms with Gasteiger partial charge in [0.2, 0.25) is 0 Å². The first-order valence-electron chi connectivity index (χ1n) is 8.18. The Balaban J connectivity index is 1.62. The van der Waals surface area contributed by atoms with Gasteiger partial charge in [0.05, 0.1) is 11.0 Å². The van der Waals surface area contributed by atoms with E-state index in [4.69, 9.17) is 23.8 Å². The molecule has 3 aromatic rings. The standard InChI is InChI=1S/C19H17BrClFN4S/c1-12-5-7-13(8-6-12)9-23-19(27)24-18-15(20)11-26(25-18)10-14-16(21)3-2-4-17(14)22/h2-8,11H,9-10H2,1H3,(H2,23,24,25,27). The van der Waals surface area contributed by atoms with Crippen molar-refractivity contribution in [3.05, 3.63) is 80.7 Å². The summed E-state index contributed by atoms with van der Waals surface area (Å²) in [5.74, 6) is 0.183. The summed E-state index contributed by atoms with van der Waals surface area (Å²) in [6.45, 7) is 2.87. The summed E-state index contributed by atoms with van der Waals surface area (Å²) in [6, 6.07) is 12.8. The van der Waals surface area contributed by atoms with Gasteiger partial charge >= 0.3 is 0 Å². The molecular weight excluding hydrogens is 451 g/mol. The van der Waals surface area contributed by atoms with Crippen LogP contribution in [0.25, 0.3) is 0 Å². The topological polar surface area (TPSA) is 41.9 Å². The number of thiocarbonyl (C=S) groups is 1. The molecule has 0 aliphatic rings. The third kappa shape index (κ3) is 5.28. The molecule has 27 heavy (non-hydrogen) atoms. The van der Waals surface area contributed by atoms with Crippen LogP contribution in [0.4, 0.5) is 10.2 Å². The van der Waals surface area contributed by atoms with Crippen molar-refractivity contribution in [3.8, 4) is 0 Å². The molecule has 140 valence electrons. The third-order valence-electron chi connectivity index (χ3n) is 3.90. The molecule has 0 spiro atoms. The van der Waals surface area contributed by atoms with E-state index in [1.165, 1.54) is 11.6 Å². The van der Waals surface area contributed by atoms with Gasteiger partial charge in [-0.05, 0) is 52.8 Å². The molecule has 0 radical (unpaired) electrons. The van der Waals surface area contributed by atoms with Crippen LogP contribution in [0.3, 0.4) is 0 Å². The molecule has 2 aromatic carbocycles. The third-order valence-corrected chi connectivity index (χ3v) is 5.09. The highest BCUT2D eigenvalue weighted by atomic mass is 79.9. The summed E-state index contributed by atoms with van der Waals surface area (Å²) in [5, 5.41) is 11.4. The van der Waals surface area contributed by atoms with Crippen molar-refractivity contribution in [2.24, 2.45) is 0 Å². The highest BCUT2D eigenvalue weighted by Gasteiger charge is 2.12. The molecule has 0 aliphatic carbocycles. The van der Waals surface area contributed by atoms with Crippen LogP contribution in [0.1, 0.15) is 16.7 Å². The zero-order valence-electron chi connectivity index (χ0n) is 14.5. The van der Waals surface area contributed by atoms with Gasteiger partial charge in [-0.15, -0.1) is 0 Å². The van der Waals surface area contributed by atoms with E-state index in [2.05, 4.69) is 43.8 Å². The molecule has 8 heteroatoms. The van der Waals surface area contributed by atoms with Crippen molar-refractivity contribution >= 4 is 50.7 Å². The number of anilines is 1. The maximum atomic E-state index is 14.0. The quantitative estimate of drug-likeness (QED) is 0.501. The summed E-state index contributed by atoms with van der Waals surface area (Å²) >= 11 is 14.8. The van der Waals surface area contributed by atoms with E-state index in [0.717, 1.165) is 10.0 Å². The molecule has 0 unspecified atom stereocenters. The van der Waals surface area contributed by atoms with Gasteiger partial charge in [0, 0.05) is 23.3 Å².